The second-order valence-electron chi connectivity index (χ2n) is 3.96. The Labute approximate surface area is 116 Å². The summed E-state index contributed by atoms with van der Waals surface area (Å²) in [5.41, 5.74) is 2.92. The van der Waals surface area contributed by atoms with E-state index in [-0.39, 0.29) is 0 Å². The molecule has 0 aliphatic carbocycles. The van der Waals surface area contributed by atoms with Crippen LogP contribution < -0.4 is 5.32 Å². The molecular weight excluding hydrogens is 258 g/mol. The minimum atomic E-state index is 0.554. The van der Waals surface area contributed by atoms with E-state index in [0.717, 1.165) is 5.56 Å². The minimum absolute atomic E-state index is 0.554. The van der Waals surface area contributed by atoms with Crippen LogP contribution in [0.3, 0.4) is 0 Å². The van der Waals surface area contributed by atoms with Crippen LogP contribution in [0.2, 0.25) is 5.02 Å². The molecule has 1 N–H and O–H groups in total. The van der Waals surface area contributed by atoms with Gasteiger partial charge in [0.25, 0.3) is 0 Å². The van der Waals surface area contributed by atoms with Gasteiger partial charge in [-0.3, -0.25) is 0 Å². The Hall–Kier alpha value is -2.49. The summed E-state index contributed by atoms with van der Waals surface area (Å²) < 4.78 is 0. The van der Waals surface area contributed by atoms with Gasteiger partial charge in [-0.2, -0.15) is 10.5 Å². The third-order valence-corrected chi connectivity index (χ3v) is 2.90. The molecule has 0 spiro atoms. The van der Waals surface area contributed by atoms with E-state index in [1.54, 1.807) is 30.3 Å². The molecule has 0 saturated carbocycles. The number of nitrogens with one attached hydrogen (secondary N) is 1. The highest BCUT2D eigenvalue weighted by Crippen LogP contribution is 2.21. The lowest BCUT2D eigenvalue weighted by molar-refractivity contribution is 1.14. The van der Waals surface area contributed by atoms with E-state index in [1.165, 1.54) is 0 Å². The fourth-order valence-electron chi connectivity index (χ4n) is 1.65. The van der Waals surface area contributed by atoms with E-state index in [1.807, 2.05) is 12.1 Å². The van der Waals surface area contributed by atoms with Crippen molar-refractivity contribution in [1.29, 1.82) is 10.5 Å². The van der Waals surface area contributed by atoms with Crippen LogP contribution in [-0.2, 0) is 6.54 Å². The summed E-state index contributed by atoms with van der Waals surface area (Å²) in [6, 6.07) is 16.6. The summed E-state index contributed by atoms with van der Waals surface area (Å²) >= 11 is 5.91. The molecule has 0 aromatic heterocycles. The number of hydrogen-bond acceptors (Lipinski definition) is 3. The molecule has 19 heavy (non-hydrogen) atoms. The number of nitriles is 2. The second kappa shape index (κ2) is 5.91. The Bertz CT molecular complexity index is 663. The first kappa shape index (κ1) is 13.0. The first-order chi connectivity index (χ1) is 9.22. The minimum Gasteiger partial charge on any atom is -0.380 e. The molecule has 0 aliphatic rings. The van der Waals surface area contributed by atoms with Crippen LogP contribution in [0.25, 0.3) is 0 Å². The zero-order valence-electron chi connectivity index (χ0n) is 10.0. The molecule has 0 aliphatic heterocycles. The van der Waals surface area contributed by atoms with Gasteiger partial charge in [0.1, 0.15) is 6.07 Å². The Morgan fingerprint density at radius 3 is 2.37 bits per heavy atom. The molecule has 0 amide bonds. The lowest BCUT2D eigenvalue weighted by Crippen LogP contribution is -2.01. The molecule has 3 nitrogen and oxygen atoms in total. The lowest BCUT2D eigenvalue weighted by atomic mass is 10.1. The number of rotatable bonds is 3. The Balaban J connectivity index is 2.12. The number of hydrogen-bond donors (Lipinski definition) is 1. The highest BCUT2D eigenvalue weighted by molar-refractivity contribution is 6.30. The van der Waals surface area contributed by atoms with E-state index in [0.29, 0.717) is 28.4 Å². The second-order valence-corrected chi connectivity index (χ2v) is 4.40. The highest BCUT2D eigenvalue weighted by Gasteiger charge is 2.02. The van der Waals surface area contributed by atoms with Crippen molar-refractivity contribution in [2.75, 3.05) is 5.32 Å². The van der Waals surface area contributed by atoms with Gasteiger partial charge in [-0.15, -0.1) is 0 Å². The van der Waals surface area contributed by atoms with Crippen LogP contribution in [0.5, 0.6) is 0 Å². The fraction of sp³-hybridized carbons (Fsp3) is 0.0667. The largest absolute Gasteiger partial charge is 0.380 e. The first-order valence-electron chi connectivity index (χ1n) is 5.65. The maximum Gasteiger partial charge on any atom is 0.101 e. The van der Waals surface area contributed by atoms with Crippen molar-refractivity contribution >= 4 is 17.3 Å². The van der Waals surface area contributed by atoms with E-state index >= 15 is 0 Å². The van der Waals surface area contributed by atoms with Crippen LogP contribution in [0.15, 0.2) is 42.5 Å². The lowest BCUT2D eigenvalue weighted by Gasteiger charge is -2.08. The SMILES string of the molecule is N#Cc1ccc(CNc2cc(Cl)ccc2C#N)cc1. The monoisotopic (exact) mass is 267 g/mol. The van der Waals surface area contributed by atoms with Gasteiger partial charge in [0.05, 0.1) is 22.9 Å². The molecule has 0 atom stereocenters. The Morgan fingerprint density at radius 1 is 1.00 bits per heavy atom. The van der Waals surface area contributed by atoms with Crippen molar-refractivity contribution in [1.82, 2.24) is 0 Å². The Kier molecular flexibility index (Phi) is 4.03. The predicted octanol–water partition coefficient (Wildman–Crippen LogP) is 3.70. The molecule has 2 rings (SSSR count). The van der Waals surface area contributed by atoms with E-state index < -0.39 is 0 Å². The molecular formula is C15H10ClN3. The number of nitrogens with zero attached hydrogens (tertiary/aromatic N) is 2. The molecule has 92 valence electrons. The van der Waals surface area contributed by atoms with Gasteiger partial charge in [-0.05, 0) is 35.9 Å². The standard InChI is InChI=1S/C15H10ClN3/c16-14-6-5-13(9-18)15(7-14)19-10-12-3-1-11(8-17)2-4-12/h1-7,19H,10H2. The van der Waals surface area contributed by atoms with Crippen LogP contribution in [0.1, 0.15) is 16.7 Å². The maximum absolute atomic E-state index is 9.01. The molecule has 0 unspecified atom stereocenters. The van der Waals surface area contributed by atoms with Crippen LogP contribution in [0, 0.1) is 22.7 Å². The quantitative estimate of drug-likeness (QED) is 0.922. The third kappa shape index (κ3) is 3.25. The van der Waals surface area contributed by atoms with Crippen molar-refractivity contribution in [3.05, 3.63) is 64.2 Å². The van der Waals surface area contributed by atoms with Gasteiger partial charge in [0.15, 0.2) is 0 Å². The topological polar surface area (TPSA) is 59.6 Å². The fourth-order valence-corrected chi connectivity index (χ4v) is 1.83. The number of benzene rings is 2. The molecule has 0 bridgehead atoms. The van der Waals surface area contributed by atoms with E-state index in [9.17, 15) is 0 Å². The number of halogens is 1. The van der Waals surface area contributed by atoms with Crippen molar-refractivity contribution in [2.24, 2.45) is 0 Å². The van der Waals surface area contributed by atoms with Gasteiger partial charge in [-0.25, -0.2) is 0 Å². The van der Waals surface area contributed by atoms with Gasteiger partial charge < -0.3 is 5.32 Å². The average Bonchev–Trinajstić information content (AvgIpc) is 2.46. The zero-order chi connectivity index (χ0) is 13.7. The predicted molar refractivity (Wildman–Crippen MR) is 74.7 cm³/mol. The molecule has 0 saturated heterocycles. The Morgan fingerprint density at radius 2 is 1.74 bits per heavy atom. The molecule has 2 aromatic rings. The van der Waals surface area contributed by atoms with Crippen LogP contribution in [-0.4, -0.2) is 0 Å². The molecule has 4 heteroatoms. The van der Waals surface area contributed by atoms with Crippen LogP contribution in [0.4, 0.5) is 5.69 Å². The van der Waals surface area contributed by atoms with E-state index in [4.69, 9.17) is 22.1 Å². The van der Waals surface area contributed by atoms with Gasteiger partial charge in [0, 0.05) is 11.6 Å². The summed E-state index contributed by atoms with van der Waals surface area (Å²) in [4.78, 5) is 0. The summed E-state index contributed by atoms with van der Waals surface area (Å²) in [6.07, 6.45) is 0. The van der Waals surface area contributed by atoms with E-state index in [2.05, 4.69) is 17.5 Å². The summed E-state index contributed by atoms with van der Waals surface area (Å²) in [7, 11) is 0. The third-order valence-electron chi connectivity index (χ3n) is 2.67. The highest BCUT2D eigenvalue weighted by atomic mass is 35.5. The van der Waals surface area contributed by atoms with Gasteiger partial charge in [-0.1, -0.05) is 23.7 Å². The molecule has 0 heterocycles. The van der Waals surface area contributed by atoms with Crippen molar-refractivity contribution in [3.63, 3.8) is 0 Å². The summed E-state index contributed by atoms with van der Waals surface area (Å²) in [5.74, 6) is 0. The summed E-state index contributed by atoms with van der Waals surface area (Å²) in [5, 5.41) is 21.5. The average molecular weight is 268 g/mol. The normalized spacial score (nSPS) is 9.42. The van der Waals surface area contributed by atoms with Crippen molar-refractivity contribution in [3.8, 4) is 12.1 Å². The van der Waals surface area contributed by atoms with Crippen molar-refractivity contribution in [2.45, 2.75) is 6.54 Å². The van der Waals surface area contributed by atoms with Gasteiger partial charge in [0.2, 0.25) is 0 Å². The van der Waals surface area contributed by atoms with Crippen molar-refractivity contribution < 1.29 is 0 Å². The smallest absolute Gasteiger partial charge is 0.101 e. The van der Waals surface area contributed by atoms with Gasteiger partial charge >= 0.3 is 0 Å². The maximum atomic E-state index is 9.01. The van der Waals surface area contributed by atoms with Crippen LogP contribution >= 0.6 is 11.6 Å². The zero-order valence-corrected chi connectivity index (χ0v) is 10.8. The molecule has 2 aromatic carbocycles. The molecule has 0 radical (unpaired) electrons. The first-order valence-corrected chi connectivity index (χ1v) is 6.03. The molecule has 0 fully saturated rings. The number of anilines is 1. The summed E-state index contributed by atoms with van der Waals surface area (Å²) in [6.45, 7) is 0.570.